The summed E-state index contributed by atoms with van der Waals surface area (Å²) in [6.45, 7) is 2.65. The number of carbonyl (C=O) groups is 1. The molecule has 0 radical (unpaired) electrons. The van der Waals surface area contributed by atoms with Gasteiger partial charge in [0.2, 0.25) is 0 Å². The third-order valence-electron chi connectivity index (χ3n) is 3.60. The van der Waals surface area contributed by atoms with Gasteiger partial charge in [-0.1, -0.05) is 19.1 Å². The standard InChI is InChI=1S/C16H17NO2/c1-12-4-2-3-5-15(12)11-19-16(18)14-8-6-13(10-17)7-9-14/h2-3,6-9,12,15H,4-5,11H2,1H3. The molecular weight excluding hydrogens is 238 g/mol. The van der Waals surface area contributed by atoms with Crippen LogP contribution in [0.1, 0.15) is 35.7 Å². The highest BCUT2D eigenvalue weighted by molar-refractivity contribution is 5.89. The minimum absolute atomic E-state index is 0.314. The highest BCUT2D eigenvalue weighted by Crippen LogP contribution is 2.25. The molecule has 3 heteroatoms. The number of rotatable bonds is 3. The third kappa shape index (κ3) is 3.45. The molecule has 2 atom stereocenters. The number of nitrogens with zero attached hydrogens (tertiary/aromatic N) is 1. The average Bonchev–Trinajstić information content (AvgIpc) is 2.46. The van der Waals surface area contributed by atoms with Crippen LogP contribution in [0, 0.1) is 23.2 Å². The second-order valence-electron chi connectivity index (χ2n) is 4.97. The highest BCUT2D eigenvalue weighted by Gasteiger charge is 2.20. The van der Waals surface area contributed by atoms with Gasteiger partial charge in [0.25, 0.3) is 0 Å². The first-order valence-electron chi connectivity index (χ1n) is 6.53. The molecule has 1 aromatic carbocycles. The normalized spacial score (nSPS) is 21.7. The van der Waals surface area contributed by atoms with Gasteiger partial charge in [-0.25, -0.2) is 4.79 Å². The summed E-state index contributed by atoms with van der Waals surface area (Å²) in [5.41, 5.74) is 1.04. The lowest BCUT2D eigenvalue weighted by molar-refractivity contribution is 0.0395. The van der Waals surface area contributed by atoms with Crippen molar-refractivity contribution in [3.05, 3.63) is 47.5 Å². The lowest BCUT2D eigenvalue weighted by Crippen LogP contribution is -2.21. The van der Waals surface area contributed by atoms with Gasteiger partial charge < -0.3 is 4.74 Å². The molecule has 0 spiro atoms. The maximum absolute atomic E-state index is 11.9. The number of carbonyl (C=O) groups excluding carboxylic acids is 1. The van der Waals surface area contributed by atoms with Gasteiger partial charge in [0.15, 0.2) is 0 Å². The summed E-state index contributed by atoms with van der Waals surface area (Å²) >= 11 is 0. The number of ether oxygens (including phenoxy) is 1. The topological polar surface area (TPSA) is 50.1 Å². The zero-order chi connectivity index (χ0) is 13.7. The average molecular weight is 255 g/mol. The van der Waals surface area contributed by atoms with Gasteiger partial charge in [0.05, 0.1) is 23.8 Å². The molecular formula is C16H17NO2. The zero-order valence-electron chi connectivity index (χ0n) is 11.0. The Kier molecular flexibility index (Phi) is 4.35. The number of esters is 1. The van der Waals surface area contributed by atoms with Crippen LogP contribution in [0.4, 0.5) is 0 Å². The molecule has 0 saturated carbocycles. The van der Waals surface area contributed by atoms with E-state index < -0.39 is 0 Å². The van der Waals surface area contributed by atoms with Gasteiger partial charge >= 0.3 is 5.97 Å². The smallest absolute Gasteiger partial charge is 0.338 e. The van der Waals surface area contributed by atoms with Crippen LogP contribution in [0.25, 0.3) is 0 Å². The molecule has 98 valence electrons. The third-order valence-corrected chi connectivity index (χ3v) is 3.60. The van der Waals surface area contributed by atoms with Crippen LogP contribution in [0.5, 0.6) is 0 Å². The summed E-state index contributed by atoms with van der Waals surface area (Å²) in [4.78, 5) is 11.9. The molecule has 0 aliphatic heterocycles. The molecule has 1 aliphatic rings. The van der Waals surface area contributed by atoms with Crippen LogP contribution < -0.4 is 0 Å². The van der Waals surface area contributed by atoms with E-state index >= 15 is 0 Å². The summed E-state index contributed by atoms with van der Waals surface area (Å²) in [5.74, 6) is 0.650. The van der Waals surface area contributed by atoms with E-state index in [4.69, 9.17) is 10.00 Å². The summed E-state index contributed by atoms with van der Waals surface area (Å²) in [7, 11) is 0. The number of benzene rings is 1. The minimum Gasteiger partial charge on any atom is -0.462 e. The van der Waals surface area contributed by atoms with Gasteiger partial charge in [-0.3, -0.25) is 0 Å². The molecule has 1 aromatic rings. The summed E-state index contributed by atoms with van der Waals surface area (Å²) in [5, 5.41) is 8.70. The van der Waals surface area contributed by atoms with E-state index in [1.807, 2.05) is 6.07 Å². The predicted molar refractivity (Wildman–Crippen MR) is 72.5 cm³/mol. The van der Waals surface area contributed by atoms with Crippen LogP contribution in [-0.2, 0) is 4.74 Å². The summed E-state index contributed by atoms with van der Waals surface area (Å²) < 4.78 is 5.36. The summed E-state index contributed by atoms with van der Waals surface area (Å²) in [6, 6.07) is 8.54. The van der Waals surface area contributed by atoms with E-state index in [0.717, 1.165) is 12.8 Å². The molecule has 2 rings (SSSR count). The van der Waals surface area contributed by atoms with E-state index in [-0.39, 0.29) is 5.97 Å². The fraction of sp³-hybridized carbons (Fsp3) is 0.375. The molecule has 3 nitrogen and oxygen atoms in total. The molecule has 0 aromatic heterocycles. The Hall–Kier alpha value is -2.08. The van der Waals surface area contributed by atoms with Gasteiger partial charge in [0, 0.05) is 0 Å². The maximum atomic E-state index is 11.9. The first-order chi connectivity index (χ1) is 9.20. The van der Waals surface area contributed by atoms with E-state index in [2.05, 4.69) is 19.1 Å². The lowest BCUT2D eigenvalue weighted by atomic mass is 9.85. The van der Waals surface area contributed by atoms with Gasteiger partial charge in [-0.15, -0.1) is 0 Å². The van der Waals surface area contributed by atoms with Crippen molar-refractivity contribution in [2.75, 3.05) is 6.61 Å². The lowest BCUT2D eigenvalue weighted by Gasteiger charge is -2.24. The number of nitriles is 1. The van der Waals surface area contributed by atoms with Crippen molar-refractivity contribution >= 4 is 5.97 Å². The van der Waals surface area contributed by atoms with Crippen LogP contribution in [-0.4, -0.2) is 12.6 Å². The van der Waals surface area contributed by atoms with Crippen molar-refractivity contribution in [1.82, 2.24) is 0 Å². The second-order valence-corrected chi connectivity index (χ2v) is 4.97. The van der Waals surface area contributed by atoms with Crippen molar-refractivity contribution < 1.29 is 9.53 Å². The highest BCUT2D eigenvalue weighted by atomic mass is 16.5. The van der Waals surface area contributed by atoms with Crippen molar-refractivity contribution in [2.45, 2.75) is 19.8 Å². The van der Waals surface area contributed by atoms with Crippen LogP contribution >= 0.6 is 0 Å². The predicted octanol–water partition coefficient (Wildman–Crippen LogP) is 3.32. The molecule has 19 heavy (non-hydrogen) atoms. The Morgan fingerprint density at radius 3 is 2.63 bits per heavy atom. The van der Waals surface area contributed by atoms with Gasteiger partial charge in [-0.2, -0.15) is 5.26 Å². The molecule has 0 heterocycles. The molecule has 0 bridgehead atoms. The Morgan fingerprint density at radius 2 is 2.00 bits per heavy atom. The quantitative estimate of drug-likeness (QED) is 0.615. The fourth-order valence-electron chi connectivity index (χ4n) is 2.19. The van der Waals surface area contributed by atoms with Crippen molar-refractivity contribution in [1.29, 1.82) is 5.26 Å². The molecule has 0 saturated heterocycles. The van der Waals surface area contributed by atoms with Crippen LogP contribution in [0.15, 0.2) is 36.4 Å². The second kappa shape index (κ2) is 6.19. The zero-order valence-corrected chi connectivity index (χ0v) is 11.0. The Labute approximate surface area is 113 Å². The molecule has 0 amide bonds. The summed E-state index contributed by atoms with van der Waals surface area (Å²) in [6.07, 6.45) is 6.37. The number of allylic oxidation sites excluding steroid dienone is 2. The SMILES string of the molecule is CC1CC=CCC1COC(=O)c1ccc(C#N)cc1. The number of hydrogen-bond acceptors (Lipinski definition) is 3. The van der Waals surface area contributed by atoms with E-state index in [0.29, 0.717) is 29.6 Å². The fourth-order valence-corrected chi connectivity index (χ4v) is 2.19. The van der Waals surface area contributed by atoms with Gasteiger partial charge in [0.1, 0.15) is 0 Å². The first-order valence-corrected chi connectivity index (χ1v) is 6.53. The Balaban J connectivity index is 1.90. The first kappa shape index (κ1) is 13.4. The monoisotopic (exact) mass is 255 g/mol. The van der Waals surface area contributed by atoms with Crippen LogP contribution in [0.3, 0.4) is 0 Å². The minimum atomic E-state index is -0.314. The van der Waals surface area contributed by atoms with Crippen molar-refractivity contribution in [3.63, 3.8) is 0 Å². The largest absolute Gasteiger partial charge is 0.462 e. The number of hydrogen-bond donors (Lipinski definition) is 0. The van der Waals surface area contributed by atoms with Gasteiger partial charge in [-0.05, 0) is 48.9 Å². The van der Waals surface area contributed by atoms with Crippen LogP contribution in [0.2, 0.25) is 0 Å². The molecule has 1 aliphatic carbocycles. The van der Waals surface area contributed by atoms with E-state index in [1.54, 1.807) is 24.3 Å². The maximum Gasteiger partial charge on any atom is 0.338 e. The molecule has 2 unspecified atom stereocenters. The Bertz CT molecular complexity index is 511. The van der Waals surface area contributed by atoms with Crippen molar-refractivity contribution in [3.8, 4) is 6.07 Å². The van der Waals surface area contributed by atoms with Crippen molar-refractivity contribution in [2.24, 2.45) is 11.8 Å². The van der Waals surface area contributed by atoms with E-state index in [1.165, 1.54) is 0 Å². The molecule has 0 N–H and O–H groups in total. The van der Waals surface area contributed by atoms with E-state index in [9.17, 15) is 4.79 Å². The Morgan fingerprint density at radius 1 is 1.32 bits per heavy atom. The molecule has 0 fully saturated rings.